The number of aliphatic hydroxyl groups excluding tert-OH is 1. The molecule has 7 rings (SSSR count). The molecule has 0 aliphatic carbocycles. The van der Waals surface area contributed by atoms with Gasteiger partial charge in [0.15, 0.2) is 24.2 Å². The van der Waals surface area contributed by atoms with Crippen LogP contribution in [0.1, 0.15) is 22.3 Å². The molecule has 0 saturated heterocycles. The van der Waals surface area contributed by atoms with Gasteiger partial charge >= 0.3 is 0 Å². The fraction of sp³-hybridized carbons (Fsp3) is 0.206. The lowest BCUT2D eigenvalue weighted by molar-refractivity contribution is -0.686. The Morgan fingerprint density at radius 2 is 1.67 bits per heavy atom. The van der Waals surface area contributed by atoms with Crippen LogP contribution in [0.4, 0.5) is 0 Å². The van der Waals surface area contributed by atoms with E-state index in [-0.39, 0.29) is 13.4 Å². The van der Waals surface area contributed by atoms with Gasteiger partial charge in [-0.15, -0.1) is 0 Å². The van der Waals surface area contributed by atoms with Crippen molar-refractivity contribution in [2.24, 2.45) is 0 Å². The van der Waals surface area contributed by atoms with E-state index in [4.69, 9.17) is 14.2 Å². The molecule has 0 saturated carbocycles. The number of rotatable bonds is 6. The van der Waals surface area contributed by atoms with Crippen molar-refractivity contribution in [1.82, 2.24) is 0 Å². The Hall–Kier alpha value is -4.35. The summed E-state index contributed by atoms with van der Waals surface area (Å²) in [5.74, 6) is 2.46. The van der Waals surface area contributed by atoms with E-state index < -0.39 is 0 Å². The highest BCUT2D eigenvalue weighted by atomic mass is 16.7. The number of nitrogens with zero attached hydrogens (tertiary/aromatic N) is 1. The van der Waals surface area contributed by atoms with Crippen molar-refractivity contribution in [2.45, 2.75) is 32.4 Å². The standard InChI is InChI=1S/C34H30NO4/c1-37-33-25(20-36)12-14-26-27(13-9-22-7-10-24(11-8-22)23-5-3-2-4-6-23)32-28-15-16-31-34(39-21-38-31)29(28)17-18-35(32)19-30(26)33/h2-8,10-12,14-16,19,36H,9,13,17-18,20-21H2,1H3/q+1. The van der Waals surface area contributed by atoms with Crippen molar-refractivity contribution < 1.29 is 23.9 Å². The number of methoxy groups -OCH3 is 1. The predicted octanol–water partition coefficient (Wildman–Crippen LogP) is 6.03. The van der Waals surface area contributed by atoms with Crippen molar-refractivity contribution in [1.29, 1.82) is 0 Å². The molecule has 2 aliphatic rings. The Morgan fingerprint density at radius 1 is 0.846 bits per heavy atom. The van der Waals surface area contributed by atoms with Gasteiger partial charge in [-0.3, -0.25) is 0 Å². The van der Waals surface area contributed by atoms with Crippen molar-refractivity contribution >= 4 is 10.8 Å². The fourth-order valence-electron chi connectivity index (χ4n) is 6.17. The molecule has 0 amide bonds. The maximum Gasteiger partial charge on any atom is 0.231 e. The zero-order chi connectivity index (χ0) is 26.3. The van der Waals surface area contributed by atoms with E-state index in [1.807, 2.05) is 18.2 Å². The van der Waals surface area contributed by atoms with Gasteiger partial charge in [-0.05, 0) is 41.7 Å². The number of aryl methyl sites for hydroxylation is 3. The summed E-state index contributed by atoms with van der Waals surface area (Å²) in [7, 11) is 1.68. The lowest BCUT2D eigenvalue weighted by Gasteiger charge is -2.21. The lowest BCUT2D eigenvalue weighted by Crippen LogP contribution is -2.41. The van der Waals surface area contributed by atoms with Gasteiger partial charge in [-0.2, -0.15) is 4.57 Å². The Morgan fingerprint density at radius 3 is 2.46 bits per heavy atom. The van der Waals surface area contributed by atoms with Gasteiger partial charge in [0.25, 0.3) is 0 Å². The molecule has 0 unspecified atom stereocenters. The summed E-state index contributed by atoms with van der Waals surface area (Å²) in [5, 5.41) is 12.2. The summed E-state index contributed by atoms with van der Waals surface area (Å²) >= 11 is 0. The summed E-state index contributed by atoms with van der Waals surface area (Å²) in [5.41, 5.74) is 9.47. The van der Waals surface area contributed by atoms with E-state index in [0.29, 0.717) is 0 Å². The minimum atomic E-state index is -0.0593. The minimum absolute atomic E-state index is 0.0593. The van der Waals surface area contributed by atoms with Crippen LogP contribution in [0.5, 0.6) is 17.2 Å². The van der Waals surface area contributed by atoms with Crippen LogP contribution in [0.3, 0.4) is 0 Å². The number of aromatic nitrogens is 1. The van der Waals surface area contributed by atoms with Crippen LogP contribution >= 0.6 is 0 Å². The number of benzene rings is 4. The summed E-state index contributed by atoms with van der Waals surface area (Å²) in [6, 6.07) is 27.7. The largest absolute Gasteiger partial charge is 0.495 e. The topological polar surface area (TPSA) is 51.8 Å². The zero-order valence-corrected chi connectivity index (χ0v) is 21.9. The van der Waals surface area contributed by atoms with Crippen molar-refractivity contribution in [2.75, 3.05) is 13.9 Å². The van der Waals surface area contributed by atoms with Gasteiger partial charge in [0.05, 0.1) is 24.7 Å². The normalized spacial score (nSPS) is 13.3. The van der Waals surface area contributed by atoms with Crippen LogP contribution in [0, 0.1) is 0 Å². The molecule has 0 fully saturated rings. The molecule has 0 spiro atoms. The number of hydrogen-bond acceptors (Lipinski definition) is 4. The van der Waals surface area contributed by atoms with Crippen LogP contribution in [0.15, 0.2) is 85.1 Å². The van der Waals surface area contributed by atoms with Gasteiger partial charge in [0.1, 0.15) is 5.75 Å². The molecule has 4 aromatic carbocycles. The molecule has 2 aliphatic heterocycles. The first-order valence-electron chi connectivity index (χ1n) is 13.5. The Bertz CT molecular complexity index is 1690. The van der Waals surface area contributed by atoms with E-state index in [1.165, 1.54) is 39.1 Å². The van der Waals surface area contributed by atoms with Crippen molar-refractivity contribution in [3.8, 4) is 39.6 Å². The average Bonchev–Trinajstić information content (AvgIpc) is 3.48. The highest BCUT2D eigenvalue weighted by Gasteiger charge is 2.33. The van der Waals surface area contributed by atoms with Crippen LogP contribution in [0.25, 0.3) is 33.2 Å². The molecule has 0 atom stereocenters. The van der Waals surface area contributed by atoms with Crippen molar-refractivity contribution in [3.05, 3.63) is 107 Å². The molecule has 0 radical (unpaired) electrons. The Kier molecular flexibility index (Phi) is 5.94. The van der Waals surface area contributed by atoms with Crippen LogP contribution in [-0.4, -0.2) is 19.0 Å². The summed E-state index contributed by atoms with van der Waals surface area (Å²) in [6.45, 7) is 1.05. The first-order valence-corrected chi connectivity index (χ1v) is 13.5. The molecule has 5 aromatic rings. The van der Waals surface area contributed by atoms with Gasteiger partial charge in [-0.25, -0.2) is 0 Å². The summed E-state index contributed by atoms with van der Waals surface area (Å²) in [6.07, 6.45) is 4.83. The molecule has 5 heteroatoms. The highest BCUT2D eigenvalue weighted by molar-refractivity contribution is 5.94. The van der Waals surface area contributed by atoms with E-state index in [1.54, 1.807) is 7.11 Å². The molecule has 5 nitrogen and oxygen atoms in total. The first-order chi connectivity index (χ1) is 19.2. The monoisotopic (exact) mass is 516 g/mol. The quantitative estimate of drug-likeness (QED) is 0.280. The summed E-state index contributed by atoms with van der Waals surface area (Å²) < 4.78 is 19.8. The van der Waals surface area contributed by atoms with E-state index in [0.717, 1.165) is 59.4 Å². The number of fused-ring (bicyclic) bond motifs is 6. The maximum absolute atomic E-state index is 9.98. The van der Waals surface area contributed by atoms with Crippen LogP contribution in [-0.2, 0) is 32.4 Å². The maximum atomic E-state index is 9.98. The van der Waals surface area contributed by atoms with Gasteiger partial charge in [-0.1, -0.05) is 66.7 Å². The molecule has 0 bridgehead atoms. The number of hydrogen-bond donors (Lipinski definition) is 1. The van der Waals surface area contributed by atoms with Gasteiger partial charge < -0.3 is 19.3 Å². The van der Waals surface area contributed by atoms with Crippen molar-refractivity contribution in [3.63, 3.8) is 0 Å². The Balaban J connectivity index is 1.34. The van der Waals surface area contributed by atoms with Crippen LogP contribution < -0.4 is 18.8 Å². The molecule has 1 N–H and O–H groups in total. The predicted molar refractivity (Wildman–Crippen MR) is 151 cm³/mol. The third-order valence-electron chi connectivity index (χ3n) is 8.06. The zero-order valence-electron chi connectivity index (χ0n) is 21.9. The second kappa shape index (κ2) is 9.75. The average molecular weight is 517 g/mol. The molecular formula is C34H30NO4+. The number of aliphatic hydroxyl groups is 1. The van der Waals surface area contributed by atoms with Gasteiger partial charge in [0.2, 0.25) is 12.5 Å². The molecule has 39 heavy (non-hydrogen) atoms. The van der Waals surface area contributed by atoms with Gasteiger partial charge in [0, 0.05) is 28.5 Å². The number of ether oxygens (including phenoxy) is 3. The Labute approximate surface area is 227 Å². The number of pyridine rings is 1. The van der Waals surface area contributed by atoms with E-state index in [2.05, 4.69) is 71.4 Å². The minimum Gasteiger partial charge on any atom is -0.495 e. The summed E-state index contributed by atoms with van der Waals surface area (Å²) in [4.78, 5) is 0. The third kappa shape index (κ3) is 4.01. The second-order valence-electron chi connectivity index (χ2n) is 10.2. The second-order valence-corrected chi connectivity index (χ2v) is 10.2. The highest BCUT2D eigenvalue weighted by Crippen LogP contribution is 2.44. The molecule has 1 aromatic heterocycles. The third-order valence-corrected chi connectivity index (χ3v) is 8.06. The fourth-order valence-corrected chi connectivity index (χ4v) is 6.17. The lowest BCUT2D eigenvalue weighted by atomic mass is 9.88. The smallest absolute Gasteiger partial charge is 0.231 e. The van der Waals surface area contributed by atoms with E-state index >= 15 is 0 Å². The SMILES string of the molecule is COc1c(CO)ccc2c(CCc3ccc(-c4ccccc4)cc3)c3[n+](cc12)CCc1c-3ccc2c1OCO2. The molecule has 194 valence electrons. The van der Waals surface area contributed by atoms with E-state index in [9.17, 15) is 5.11 Å². The molecular weight excluding hydrogens is 486 g/mol. The first kappa shape index (κ1) is 23.7. The molecule has 3 heterocycles. The van der Waals surface area contributed by atoms with Crippen LogP contribution in [0.2, 0.25) is 0 Å².